The molecule has 5 heterocycles. The first-order chi connectivity index (χ1) is 21.3. The lowest BCUT2D eigenvalue weighted by molar-refractivity contribution is 0.0700. The molecule has 11 heteroatoms. The zero-order chi connectivity index (χ0) is 30.3. The molecule has 3 N–H and O–H groups in total. The maximum atomic E-state index is 13.7. The topological polar surface area (TPSA) is 133 Å². The Morgan fingerprint density at radius 3 is 2.57 bits per heavy atom. The van der Waals surface area contributed by atoms with E-state index in [0.29, 0.717) is 35.2 Å². The fourth-order valence-electron chi connectivity index (χ4n) is 7.25. The van der Waals surface area contributed by atoms with Crippen LogP contribution in [0.25, 0.3) is 44.8 Å². The minimum Gasteiger partial charge on any atom is -0.494 e. The predicted molar refractivity (Wildman–Crippen MR) is 167 cm³/mol. The van der Waals surface area contributed by atoms with Crippen molar-refractivity contribution in [2.75, 3.05) is 20.8 Å². The van der Waals surface area contributed by atoms with E-state index < -0.39 is 0 Å². The standard InChI is InChI=1S/C33H35N7O4/c1-38-29-23(10-20(12-26(29)43-2)33(42)40-16-19-7-9-24(40)28(19)34)37-31(38)25-11-18-6-8-22(21-13-27(44-3)32(41)35-14-21)36-30(18)39(25)15-17-4-5-17/h6,8,10-14,17,19,24,28H,4-5,7,9,15-16,34H2,1-3H3,(H,35,41). The number of benzene rings is 1. The summed E-state index contributed by atoms with van der Waals surface area (Å²) in [6.45, 7) is 1.53. The summed E-state index contributed by atoms with van der Waals surface area (Å²) in [7, 11) is 5.09. The number of nitrogens with one attached hydrogen (secondary N) is 1. The Bertz CT molecular complexity index is 2020. The van der Waals surface area contributed by atoms with Crippen LogP contribution < -0.4 is 20.8 Å². The largest absolute Gasteiger partial charge is 0.494 e. The molecule has 3 fully saturated rings. The number of rotatable bonds is 7. The molecule has 0 spiro atoms. The van der Waals surface area contributed by atoms with Crippen molar-refractivity contribution in [3.63, 3.8) is 0 Å². The molecule has 11 nitrogen and oxygen atoms in total. The molecule has 8 rings (SSSR count). The van der Waals surface area contributed by atoms with Crippen LogP contribution in [0.1, 0.15) is 36.0 Å². The molecule has 5 aromatic rings. The van der Waals surface area contributed by atoms with E-state index in [2.05, 4.69) is 21.7 Å². The Morgan fingerprint density at radius 2 is 1.86 bits per heavy atom. The van der Waals surface area contributed by atoms with Gasteiger partial charge in [0.05, 0.1) is 31.1 Å². The van der Waals surface area contributed by atoms with Crippen LogP contribution in [0.5, 0.6) is 11.5 Å². The van der Waals surface area contributed by atoms with Gasteiger partial charge in [0, 0.05) is 54.9 Å². The van der Waals surface area contributed by atoms with Crippen molar-refractivity contribution in [3.05, 3.63) is 58.5 Å². The lowest BCUT2D eigenvalue weighted by atomic mass is 10.1. The number of hydrogen-bond acceptors (Lipinski definition) is 7. The summed E-state index contributed by atoms with van der Waals surface area (Å²) in [6, 6.07) is 11.7. The summed E-state index contributed by atoms with van der Waals surface area (Å²) in [5.74, 6) is 2.57. The summed E-state index contributed by atoms with van der Waals surface area (Å²) < 4.78 is 15.4. The highest BCUT2D eigenvalue weighted by molar-refractivity contribution is 6.00. The van der Waals surface area contributed by atoms with Crippen molar-refractivity contribution in [2.45, 2.75) is 44.3 Å². The van der Waals surface area contributed by atoms with Gasteiger partial charge >= 0.3 is 0 Å². The number of nitrogens with zero attached hydrogens (tertiary/aromatic N) is 5. The van der Waals surface area contributed by atoms with Crippen molar-refractivity contribution < 1.29 is 14.3 Å². The van der Waals surface area contributed by atoms with Crippen molar-refractivity contribution in [3.8, 4) is 34.3 Å². The van der Waals surface area contributed by atoms with Crippen molar-refractivity contribution >= 4 is 28.0 Å². The average molecular weight is 594 g/mol. The molecule has 3 unspecified atom stereocenters. The number of pyridine rings is 2. The van der Waals surface area contributed by atoms with Gasteiger partial charge in [-0.1, -0.05) is 0 Å². The molecule has 3 atom stereocenters. The number of likely N-dealkylation sites (tertiary alicyclic amines) is 1. The maximum Gasteiger partial charge on any atom is 0.290 e. The van der Waals surface area contributed by atoms with Crippen LogP contribution in [0, 0.1) is 11.8 Å². The smallest absolute Gasteiger partial charge is 0.290 e. The number of hydrogen-bond donors (Lipinski definition) is 2. The number of aryl methyl sites for hydroxylation is 1. The van der Waals surface area contributed by atoms with Crippen LogP contribution in [-0.2, 0) is 13.6 Å². The quantitative estimate of drug-likeness (QED) is 0.292. The number of aromatic nitrogens is 5. The van der Waals surface area contributed by atoms with Gasteiger partial charge in [-0.3, -0.25) is 9.59 Å². The van der Waals surface area contributed by atoms with E-state index in [1.807, 2.05) is 34.7 Å². The summed E-state index contributed by atoms with van der Waals surface area (Å²) in [4.78, 5) is 40.6. The molecule has 2 saturated carbocycles. The van der Waals surface area contributed by atoms with E-state index in [0.717, 1.165) is 58.7 Å². The maximum absolute atomic E-state index is 13.7. The Balaban J connectivity index is 1.24. The molecule has 4 aromatic heterocycles. The van der Waals surface area contributed by atoms with Gasteiger partial charge in [-0.15, -0.1) is 0 Å². The minimum atomic E-state index is -0.282. The number of imidazole rings is 1. The predicted octanol–water partition coefficient (Wildman–Crippen LogP) is 3.93. The van der Waals surface area contributed by atoms with Gasteiger partial charge in [0.25, 0.3) is 11.5 Å². The van der Waals surface area contributed by atoms with Crippen molar-refractivity contribution in [2.24, 2.45) is 24.6 Å². The highest BCUT2D eigenvalue weighted by Crippen LogP contribution is 2.40. The second-order valence-electron chi connectivity index (χ2n) is 12.5. The van der Waals surface area contributed by atoms with Crippen LogP contribution in [0.3, 0.4) is 0 Å². The second-order valence-corrected chi connectivity index (χ2v) is 12.5. The fourth-order valence-corrected chi connectivity index (χ4v) is 7.25. The lowest BCUT2D eigenvalue weighted by Crippen LogP contribution is -2.41. The molecule has 2 bridgehead atoms. The normalized spacial score (nSPS) is 21.1. The Kier molecular flexibility index (Phi) is 6.09. The van der Waals surface area contributed by atoms with E-state index >= 15 is 0 Å². The van der Waals surface area contributed by atoms with Gasteiger partial charge in [0.15, 0.2) is 11.6 Å². The molecular weight excluding hydrogens is 558 g/mol. The SMILES string of the molecule is COc1cc(-c2ccc3cc(-c4nc5cc(C(=O)N6CC7CCC6C7N)cc(OC)c5n4C)n(CC4CC4)c3n2)c[nH]c1=O. The molecule has 1 aliphatic heterocycles. The molecule has 1 aromatic carbocycles. The molecular formula is C33H35N7O4. The Morgan fingerprint density at radius 1 is 1.05 bits per heavy atom. The van der Waals surface area contributed by atoms with Crippen molar-refractivity contribution in [1.82, 2.24) is 29.0 Å². The summed E-state index contributed by atoms with van der Waals surface area (Å²) in [5.41, 5.74) is 11.5. The fraction of sp³-hybridized carbons (Fsp3) is 0.394. The van der Waals surface area contributed by atoms with Gasteiger partial charge in [0.2, 0.25) is 0 Å². The number of amides is 1. The average Bonchev–Trinajstić information content (AvgIpc) is 3.44. The van der Waals surface area contributed by atoms with E-state index in [-0.39, 0.29) is 29.3 Å². The zero-order valence-electron chi connectivity index (χ0n) is 25.0. The van der Waals surface area contributed by atoms with E-state index in [1.54, 1.807) is 19.4 Å². The molecule has 1 saturated heterocycles. The Labute approximate surface area is 253 Å². The molecule has 226 valence electrons. The number of H-pyrrole nitrogens is 1. The lowest BCUT2D eigenvalue weighted by Gasteiger charge is -2.27. The van der Waals surface area contributed by atoms with Gasteiger partial charge in [-0.05, 0) is 73.9 Å². The summed E-state index contributed by atoms with van der Waals surface area (Å²) in [6.07, 6.45) is 6.07. The number of nitrogens with two attached hydrogens (primary N) is 1. The van der Waals surface area contributed by atoms with Crippen LogP contribution in [-0.4, -0.2) is 67.7 Å². The number of aromatic amines is 1. The number of carbonyl (C=O) groups is 1. The van der Waals surface area contributed by atoms with Crippen LogP contribution >= 0.6 is 0 Å². The highest BCUT2D eigenvalue weighted by Gasteiger charge is 2.47. The molecule has 44 heavy (non-hydrogen) atoms. The van der Waals surface area contributed by atoms with Crippen molar-refractivity contribution in [1.29, 1.82) is 0 Å². The number of carbonyl (C=O) groups excluding carboxylic acids is 1. The minimum absolute atomic E-state index is 0.0153. The zero-order valence-corrected chi connectivity index (χ0v) is 25.0. The molecule has 0 radical (unpaired) electrons. The first kappa shape index (κ1) is 26.9. The van der Waals surface area contributed by atoms with E-state index in [9.17, 15) is 9.59 Å². The summed E-state index contributed by atoms with van der Waals surface area (Å²) in [5, 5.41) is 0.996. The third kappa shape index (κ3) is 4.13. The van der Waals surface area contributed by atoms with Crippen LogP contribution in [0.4, 0.5) is 0 Å². The van der Waals surface area contributed by atoms with Gasteiger partial charge in [-0.2, -0.15) is 0 Å². The second kappa shape index (κ2) is 9.95. The van der Waals surface area contributed by atoms with Gasteiger partial charge < -0.3 is 34.2 Å². The first-order valence-corrected chi connectivity index (χ1v) is 15.2. The van der Waals surface area contributed by atoms with Crippen LogP contribution in [0.15, 0.2) is 47.4 Å². The van der Waals surface area contributed by atoms with Gasteiger partial charge in [-0.25, -0.2) is 9.97 Å². The third-order valence-electron chi connectivity index (χ3n) is 9.81. The number of fused-ring (bicyclic) bond motifs is 4. The number of ether oxygens (including phenoxy) is 2. The van der Waals surface area contributed by atoms with E-state index in [4.69, 9.17) is 25.2 Å². The number of methoxy groups -OCH3 is 2. The highest BCUT2D eigenvalue weighted by atomic mass is 16.5. The third-order valence-corrected chi connectivity index (χ3v) is 9.81. The Hall–Kier alpha value is -4.64. The van der Waals surface area contributed by atoms with Gasteiger partial charge in [0.1, 0.15) is 16.9 Å². The molecule has 2 aliphatic carbocycles. The summed E-state index contributed by atoms with van der Waals surface area (Å²) >= 11 is 0. The molecule has 1 amide bonds. The van der Waals surface area contributed by atoms with Crippen LogP contribution in [0.2, 0.25) is 0 Å². The monoisotopic (exact) mass is 593 g/mol. The number of piperidine rings is 1. The molecule has 3 aliphatic rings. The first-order valence-electron chi connectivity index (χ1n) is 15.2. The van der Waals surface area contributed by atoms with E-state index in [1.165, 1.54) is 20.0 Å².